The van der Waals surface area contributed by atoms with Crippen molar-refractivity contribution in [3.63, 3.8) is 0 Å². The molecule has 0 bridgehead atoms. The van der Waals surface area contributed by atoms with Crippen molar-refractivity contribution >= 4 is 17.9 Å². The van der Waals surface area contributed by atoms with E-state index < -0.39 is 6.10 Å². The third-order valence-electron chi connectivity index (χ3n) is 13.2. The molecule has 0 aliphatic carbocycles. The maximum Gasteiger partial charge on any atom is 0.306 e. The van der Waals surface area contributed by atoms with Gasteiger partial charge >= 0.3 is 17.9 Å². The molecule has 0 radical (unpaired) electrons. The molecule has 6 heteroatoms. The molecule has 428 valence electrons. The quantitative estimate of drug-likeness (QED) is 0.0261. The van der Waals surface area contributed by atoms with E-state index in [0.29, 0.717) is 19.3 Å². The second-order valence-electron chi connectivity index (χ2n) is 20.6. The van der Waals surface area contributed by atoms with Crippen LogP contribution in [0.3, 0.4) is 0 Å². The zero-order valence-corrected chi connectivity index (χ0v) is 49.0. The van der Waals surface area contributed by atoms with E-state index in [0.717, 1.165) is 109 Å². The van der Waals surface area contributed by atoms with Crippen LogP contribution in [-0.2, 0) is 28.6 Å². The minimum Gasteiger partial charge on any atom is -0.462 e. The first-order chi connectivity index (χ1) is 37.0. The van der Waals surface area contributed by atoms with E-state index in [-0.39, 0.29) is 31.1 Å². The van der Waals surface area contributed by atoms with Gasteiger partial charge in [0.1, 0.15) is 13.2 Å². The molecule has 0 spiro atoms. The van der Waals surface area contributed by atoms with Gasteiger partial charge in [0.15, 0.2) is 6.10 Å². The Labute approximate surface area is 463 Å². The Morgan fingerprint density at radius 1 is 0.280 bits per heavy atom. The molecule has 6 nitrogen and oxygen atoms in total. The average Bonchev–Trinajstić information content (AvgIpc) is 3.41. The lowest BCUT2D eigenvalue weighted by molar-refractivity contribution is -0.167. The topological polar surface area (TPSA) is 78.9 Å². The van der Waals surface area contributed by atoms with Crippen molar-refractivity contribution in [2.24, 2.45) is 0 Å². The molecule has 0 rings (SSSR count). The molecule has 0 aromatic rings. The fourth-order valence-electron chi connectivity index (χ4n) is 8.53. The summed E-state index contributed by atoms with van der Waals surface area (Å²) in [5.41, 5.74) is 0. The van der Waals surface area contributed by atoms with E-state index in [9.17, 15) is 14.4 Å². The van der Waals surface area contributed by atoms with Crippen LogP contribution in [0.5, 0.6) is 0 Å². The first kappa shape index (κ1) is 71.1. The molecule has 0 aliphatic rings. The lowest BCUT2D eigenvalue weighted by Gasteiger charge is -2.18. The summed E-state index contributed by atoms with van der Waals surface area (Å²) < 4.78 is 16.9. The van der Waals surface area contributed by atoms with Crippen LogP contribution >= 0.6 is 0 Å². The Balaban J connectivity index is 4.39. The third-order valence-corrected chi connectivity index (χ3v) is 13.2. The Morgan fingerprint density at radius 2 is 0.520 bits per heavy atom. The molecule has 0 N–H and O–H groups in total. The van der Waals surface area contributed by atoms with Crippen molar-refractivity contribution in [1.29, 1.82) is 0 Å². The predicted octanol–water partition coefficient (Wildman–Crippen LogP) is 21.4. The number of hydrogen-bond acceptors (Lipinski definition) is 6. The SMILES string of the molecule is CC/C=C\C/C=C\C/C=C\C/C=C\CCCCC(=O)OCC(COC(=O)CCCCCCCCCCCC/C=C\C/C=C\C/C=C\CCCCCCC)OC(=O)CCCCCCCCC/C=C\C/C=C\CCCCC. The maximum absolute atomic E-state index is 12.9. The number of ether oxygens (including phenoxy) is 3. The summed E-state index contributed by atoms with van der Waals surface area (Å²) in [5, 5.41) is 0. The first-order valence-electron chi connectivity index (χ1n) is 31.4. The number of allylic oxidation sites excluding steroid dienone is 18. The monoisotopic (exact) mass is 1040 g/mol. The number of unbranched alkanes of at least 4 members (excludes halogenated alkanes) is 27. The normalized spacial score (nSPS) is 12.8. The van der Waals surface area contributed by atoms with Crippen molar-refractivity contribution in [3.05, 3.63) is 109 Å². The van der Waals surface area contributed by atoms with Gasteiger partial charge < -0.3 is 14.2 Å². The van der Waals surface area contributed by atoms with Gasteiger partial charge in [-0.2, -0.15) is 0 Å². The second kappa shape index (κ2) is 62.6. The number of hydrogen-bond donors (Lipinski definition) is 0. The molecule has 0 aromatic carbocycles. The summed E-state index contributed by atoms with van der Waals surface area (Å²) >= 11 is 0. The summed E-state index contributed by atoms with van der Waals surface area (Å²) in [5.74, 6) is -0.947. The highest BCUT2D eigenvalue weighted by Crippen LogP contribution is 2.15. The highest BCUT2D eigenvalue weighted by Gasteiger charge is 2.19. The van der Waals surface area contributed by atoms with Gasteiger partial charge in [-0.15, -0.1) is 0 Å². The summed E-state index contributed by atoms with van der Waals surface area (Å²) in [6, 6.07) is 0. The van der Waals surface area contributed by atoms with Crippen molar-refractivity contribution in [1.82, 2.24) is 0 Å². The average molecular weight is 1040 g/mol. The van der Waals surface area contributed by atoms with Crippen LogP contribution in [0.25, 0.3) is 0 Å². The van der Waals surface area contributed by atoms with Gasteiger partial charge in [-0.25, -0.2) is 0 Å². The number of esters is 3. The van der Waals surface area contributed by atoms with Gasteiger partial charge in [0.2, 0.25) is 0 Å². The smallest absolute Gasteiger partial charge is 0.306 e. The van der Waals surface area contributed by atoms with Gasteiger partial charge in [0.05, 0.1) is 0 Å². The fraction of sp³-hybridized carbons (Fsp3) is 0.696. The number of carbonyl (C=O) groups excluding carboxylic acids is 3. The van der Waals surface area contributed by atoms with E-state index in [1.165, 1.54) is 141 Å². The number of rotatable bonds is 56. The Hall–Kier alpha value is -3.93. The van der Waals surface area contributed by atoms with Crippen molar-refractivity contribution < 1.29 is 28.6 Å². The third kappa shape index (κ3) is 60.8. The molecule has 0 saturated heterocycles. The molecule has 0 heterocycles. The highest BCUT2D eigenvalue weighted by molar-refractivity contribution is 5.71. The molecular formula is C69H116O6. The van der Waals surface area contributed by atoms with Crippen LogP contribution in [0, 0.1) is 0 Å². The summed E-state index contributed by atoms with van der Waals surface area (Å²) in [6.07, 6.45) is 85.2. The van der Waals surface area contributed by atoms with E-state index in [1.807, 2.05) is 0 Å². The van der Waals surface area contributed by atoms with Crippen molar-refractivity contribution in [3.8, 4) is 0 Å². The molecule has 75 heavy (non-hydrogen) atoms. The Bertz CT molecular complexity index is 1520. The second-order valence-corrected chi connectivity index (χ2v) is 20.6. The number of carbonyl (C=O) groups is 3. The molecule has 1 atom stereocenters. The van der Waals surface area contributed by atoms with Crippen LogP contribution in [0.4, 0.5) is 0 Å². The zero-order valence-electron chi connectivity index (χ0n) is 49.0. The van der Waals surface area contributed by atoms with Crippen molar-refractivity contribution in [2.45, 2.75) is 297 Å². The lowest BCUT2D eigenvalue weighted by atomic mass is 10.1. The van der Waals surface area contributed by atoms with Gasteiger partial charge in [-0.3, -0.25) is 14.4 Å². The minimum absolute atomic E-state index is 0.0975. The van der Waals surface area contributed by atoms with Gasteiger partial charge in [0.25, 0.3) is 0 Å². The van der Waals surface area contributed by atoms with E-state index in [1.54, 1.807) is 0 Å². The summed E-state index contributed by atoms with van der Waals surface area (Å²) in [6.45, 7) is 6.46. The van der Waals surface area contributed by atoms with Crippen LogP contribution in [0.2, 0.25) is 0 Å². The zero-order chi connectivity index (χ0) is 54.3. The predicted molar refractivity (Wildman–Crippen MR) is 325 cm³/mol. The van der Waals surface area contributed by atoms with Crippen LogP contribution < -0.4 is 0 Å². The molecule has 0 aliphatic heterocycles. The maximum atomic E-state index is 12.9. The molecular weight excluding hydrogens is 925 g/mol. The Morgan fingerprint density at radius 3 is 0.867 bits per heavy atom. The summed E-state index contributed by atoms with van der Waals surface area (Å²) in [7, 11) is 0. The van der Waals surface area contributed by atoms with E-state index in [4.69, 9.17) is 14.2 Å². The van der Waals surface area contributed by atoms with Crippen LogP contribution in [-0.4, -0.2) is 37.2 Å². The van der Waals surface area contributed by atoms with E-state index >= 15 is 0 Å². The van der Waals surface area contributed by atoms with Gasteiger partial charge in [-0.05, 0) is 128 Å². The molecule has 1 unspecified atom stereocenters. The highest BCUT2D eigenvalue weighted by atomic mass is 16.6. The van der Waals surface area contributed by atoms with Crippen molar-refractivity contribution in [2.75, 3.05) is 13.2 Å². The first-order valence-corrected chi connectivity index (χ1v) is 31.4. The van der Waals surface area contributed by atoms with Gasteiger partial charge in [0, 0.05) is 19.3 Å². The largest absolute Gasteiger partial charge is 0.462 e. The van der Waals surface area contributed by atoms with E-state index in [2.05, 4.69) is 130 Å². The van der Waals surface area contributed by atoms with Gasteiger partial charge in [-0.1, -0.05) is 252 Å². The Kier molecular flexibility index (Phi) is 59.3. The fourth-order valence-corrected chi connectivity index (χ4v) is 8.53. The van der Waals surface area contributed by atoms with Crippen LogP contribution in [0.15, 0.2) is 109 Å². The molecule has 0 amide bonds. The summed E-state index contributed by atoms with van der Waals surface area (Å²) in [4.78, 5) is 38.3. The standard InChI is InChI=1S/C69H116O6/c1-4-7-10-13-16-19-22-25-28-30-31-32-33-34-35-36-37-39-41-44-47-50-53-56-59-62-68(71)74-65-66(64-73-67(70)61-58-55-52-49-46-43-40-27-24-21-18-15-12-9-6-3)75-69(72)63-60-57-54-51-48-45-42-38-29-26-23-20-17-14-11-8-5-2/h9,12,17-18,20-22,25-27,29-31,33-34,40,46,49,66H,4-8,10-11,13-16,19,23-24,28,32,35-39,41-45,47-48,50-65H2,1-3H3/b12-9-,20-17-,21-18-,25-22-,29-26-,31-30-,34-33-,40-27-,49-46-. The molecule has 0 saturated carbocycles. The lowest BCUT2D eigenvalue weighted by Crippen LogP contribution is -2.30. The molecule has 0 fully saturated rings. The van der Waals surface area contributed by atoms with Crippen LogP contribution in [0.1, 0.15) is 290 Å². The minimum atomic E-state index is -0.804. The molecule has 0 aromatic heterocycles.